The van der Waals surface area contributed by atoms with Crippen molar-refractivity contribution in [1.82, 2.24) is 4.90 Å². The second-order valence-electron chi connectivity index (χ2n) is 5.67. The molecular weight excluding hydrogens is 262 g/mol. The summed E-state index contributed by atoms with van der Waals surface area (Å²) in [6, 6.07) is 8.33. The SMILES string of the molecule is CCN(CC)C1CCN(c2cc(C#N)ccc2[C@@H](C)O)C1. The minimum absolute atomic E-state index is 0.514. The molecule has 0 spiro atoms. The molecule has 0 bridgehead atoms. The molecular formula is C17H25N3O. The Morgan fingerprint density at radius 2 is 2.14 bits per heavy atom. The summed E-state index contributed by atoms with van der Waals surface area (Å²) in [5, 5.41) is 19.1. The Bertz CT molecular complexity index is 517. The Morgan fingerprint density at radius 3 is 2.71 bits per heavy atom. The highest BCUT2D eigenvalue weighted by Gasteiger charge is 2.28. The number of rotatable bonds is 5. The van der Waals surface area contributed by atoms with E-state index < -0.39 is 6.10 Å². The van der Waals surface area contributed by atoms with Crippen molar-refractivity contribution in [3.05, 3.63) is 29.3 Å². The van der Waals surface area contributed by atoms with E-state index in [4.69, 9.17) is 5.26 Å². The third kappa shape index (κ3) is 3.37. The van der Waals surface area contributed by atoms with Gasteiger partial charge in [-0.2, -0.15) is 5.26 Å². The van der Waals surface area contributed by atoms with Crippen molar-refractivity contribution in [1.29, 1.82) is 5.26 Å². The van der Waals surface area contributed by atoms with Gasteiger partial charge >= 0.3 is 0 Å². The highest BCUT2D eigenvalue weighted by Crippen LogP contribution is 2.31. The van der Waals surface area contributed by atoms with E-state index in [0.717, 1.165) is 43.9 Å². The van der Waals surface area contributed by atoms with Crippen molar-refractivity contribution in [3.63, 3.8) is 0 Å². The quantitative estimate of drug-likeness (QED) is 0.904. The van der Waals surface area contributed by atoms with Crippen molar-refractivity contribution in [2.75, 3.05) is 31.1 Å². The highest BCUT2D eigenvalue weighted by molar-refractivity contribution is 5.59. The fourth-order valence-electron chi connectivity index (χ4n) is 3.24. The number of likely N-dealkylation sites (N-methyl/N-ethyl adjacent to an activating group) is 1. The van der Waals surface area contributed by atoms with Gasteiger partial charge < -0.3 is 10.0 Å². The van der Waals surface area contributed by atoms with Gasteiger partial charge in [0.15, 0.2) is 0 Å². The summed E-state index contributed by atoms with van der Waals surface area (Å²) >= 11 is 0. The van der Waals surface area contributed by atoms with E-state index in [1.165, 1.54) is 0 Å². The van der Waals surface area contributed by atoms with Crippen LogP contribution in [-0.4, -0.2) is 42.2 Å². The first-order valence-corrected chi connectivity index (χ1v) is 7.81. The van der Waals surface area contributed by atoms with Gasteiger partial charge in [0.2, 0.25) is 0 Å². The Kier molecular flexibility index (Phi) is 5.22. The highest BCUT2D eigenvalue weighted by atomic mass is 16.3. The van der Waals surface area contributed by atoms with Gasteiger partial charge in [0.25, 0.3) is 0 Å². The van der Waals surface area contributed by atoms with Gasteiger partial charge in [0.1, 0.15) is 0 Å². The van der Waals surface area contributed by atoms with Crippen LogP contribution in [0, 0.1) is 11.3 Å². The lowest BCUT2D eigenvalue weighted by Gasteiger charge is -2.28. The Hall–Kier alpha value is -1.57. The van der Waals surface area contributed by atoms with Crippen molar-refractivity contribution in [3.8, 4) is 6.07 Å². The molecule has 21 heavy (non-hydrogen) atoms. The molecule has 1 aromatic rings. The summed E-state index contributed by atoms with van der Waals surface area (Å²) < 4.78 is 0. The number of hydrogen-bond acceptors (Lipinski definition) is 4. The second kappa shape index (κ2) is 6.93. The maximum absolute atomic E-state index is 9.98. The number of benzene rings is 1. The largest absolute Gasteiger partial charge is 0.389 e. The maximum atomic E-state index is 9.98. The number of hydrogen-bond donors (Lipinski definition) is 1. The standard InChI is InChI=1S/C17H25N3O/c1-4-19(5-2)15-8-9-20(12-15)17-10-14(11-18)6-7-16(17)13(3)21/h6-7,10,13,15,21H,4-5,8-9,12H2,1-3H3/t13-,15?/m1/s1. The summed E-state index contributed by atoms with van der Waals surface area (Å²) in [5.41, 5.74) is 2.58. The van der Waals surface area contributed by atoms with Crippen LogP contribution < -0.4 is 4.90 Å². The molecule has 1 aromatic carbocycles. The van der Waals surface area contributed by atoms with Gasteiger partial charge in [0.05, 0.1) is 17.7 Å². The third-order valence-electron chi connectivity index (χ3n) is 4.44. The van der Waals surface area contributed by atoms with Crippen molar-refractivity contribution in [2.45, 2.75) is 39.3 Å². The minimum atomic E-state index is -0.514. The second-order valence-corrected chi connectivity index (χ2v) is 5.67. The summed E-state index contributed by atoms with van der Waals surface area (Å²) in [5.74, 6) is 0. The van der Waals surface area contributed by atoms with E-state index in [0.29, 0.717) is 11.6 Å². The van der Waals surface area contributed by atoms with Crippen LogP contribution in [0.5, 0.6) is 0 Å². The summed E-state index contributed by atoms with van der Waals surface area (Å²) in [6.45, 7) is 10.3. The van der Waals surface area contributed by atoms with Gasteiger partial charge in [-0.3, -0.25) is 4.90 Å². The molecule has 1 heterocycles. The molecule has 2 atom stereocenters. The van der Waals surface area contributed by atoms with E-state index in [-0.39, 0.29) is 0 Å². The summed E-state index contributed by atoms with van der Waals surface area (Å²) in [7, 11) is 0. The number of nitriles is 1. The first kappa shape index (κ1) is 15.8. The van der Waals surface area contributed by atoms with E-state index in [1.807, 2.05) is 12.1 Å². The molecule has 1 unspecified atom stereocenters. The predicted octanol–water partition coefficient (Wildman–Crippen LogP) is 2.53. The minimum Gasteiger partial charge on any atom is -0.389 e. The molecule has 4 nitrogen and oxygen atoms in total. The Labute approximate surface area is 127 Å². The van der Waals surface area contributed by atoms with Gasteiger partial charge in [-0.25, -0.2) is 0 Å². The Balaban J connectivity index is 2.24. The molecule has 1 fully saturated rings. The number of aliphatic hydroxyl groups is 1. The number of nitrogens with zero attached hydrogens (tertiary/aromatic N) is 3. The van der Waals surface area contributed by atoms with Crippen LogP contribution in [0.15, 0.2) is 18.2 Å². The molecule has 2 rings (SSSR count). The zero-order valence-corrected chi connectivity index (χ0v) is 13.2. The molecule has 1 saturated heterocycles. The molecule has 114 valence electrons. The zero-order chi connectivity index (χ0) is 15.4. The fourth-order valence-corrected chi connectivity index (χ4v) is 3.24. The average molecular weight is 287 g/mol. The third-order valence-corrected chi connectivity index (χ3v) is 4.44. The molecule has 0 aliphatic carbocycles. The molecule has 4 heteroatoms. The first-order valence-electron chi connectivity index (χ1n) is 7.81. The Morgan fingerprint density at radius 1 is 1.43 bits per heavy atom. The number of aliphatic hydroxyl groups excluding tert-OH is 1. The van der Waals surface area contributed by atoms with Crippen LogP contribution in [0.25, 0.3) is 0 Å². The van der Waals surface area contributed by atoms with Crippen LogP contribution >= 0.6 is 0 Å². The lowest BCUT2D eigenvalue weighted by atomic mass is 10.0. The van der Waals surface area contributed by atoms with E-state index in [2.05, 4.69) is 29.7 Å². The van der Waals surface area contributed by atoms with Crippen LogP contribution in [0.1, 0.15) is 44.4 Å². The van der Waals surface area contributed by atoms with Gasteiger partial charge in [-0.15, -0.1) is 0 Å². The van der Waals surface area contributed by atoms with Gasteiger partial charge in [0, 0.05) is 30.4 Å². The first-order chi connectivity index (χ1) is 10.1. The van der Waals surface area contributed by atoms with Crippen molar-refractivity contribution in [2.24, 2.45) is 0 Å². The monoisotopic (exact) mass is 287 g/mol. The van der Waals surface area contributed by atoms with Gasteiger partial charge in [-0.1, -0.05) is 19.9 Å². The molecule has 0 amide bonds. The van der Waals surface area contributed by atoms with Crippen molar-refractivity contribution < 1.29 is 5.11 Å². The van der Waals surface area contributed by atoms with Crippen LogP contribution in [0.4, 0.5) is 5.69 Å². The summed E-state index contributed by atoms with van der Waals surface area (Å²) in [4.78, 5) is 4.79. The topological polar surface area (TPSA) is 50.5 Å². The smallest absolute Gasteiger partial charge is 0.0992 e. The molecule has 0 radical (unpaired) electrons. The molecule has 1 aliphatic rings. The van der Waals surface area contributed by atoms with E-state index in [9.17, 15) is 5.11 Å². The van der Waals surface area contributed by atoms with Crippen molar-refractivity contribution >= 4 is 5.69 Å². The molecule has 1 aliphatic heterocycles. The molecule has 1 N–H and O–H groups in total. The maximum Gasteiger partial charge on any atom is 0.0992 e. The molecule has 0 aromatic heterocycles. The lowest BCUT2D eigenvalue weighted by molar-refractivity contribution is 0.199. The average Bonchev–Trinajstić information content (AvgIpc) is 2.97. The van der Waals surface area contributed by atoms with Crippen LogP contribution in [0.3, 0.4) is 0 Å². The predicted molar refractivity (Wildman–Crippen MR) is 85.3 cm³/mol. The number of anilines is 1. The zero-order valence-electron chi connectivity index (χ0n) is 13.2. The fraction of sp³-hybridized carbons (Fsp3) is 0.588. The van der Waals surface area contributed by atoms with Crippen LogP contribution in [-0.2, 0) is 0 Å². The molecule has 0 saturated carbocycles. The van der Waals surface area contributed by atoms with Gasteiger partial charge in [-0.05, 0) is 38.6 Å². The lowest BCUT2D eigenvalue weighted by Crippen LogP contribution is -2.37. The summed E-state index contributed by atoms with van der Waals surface area (Å²) in [6.07, 6.45) is 0.623. The van der Waals surface area contributed by atoms with E-state index >= 15 is 0 Å². The van der Waals surface area contributed by atoms with E-state index in [1.54, 1.807) is 13.0 Å². The normalized spacial score (nSPS) is 19.8. The van der Waals surface area contributed by atoms with Crippen LogP contribution in [0.2, 0.25) is 0 Å².